The molecule has 0 amide bonds. The first-order chi connectivity index (χ1) is 12.4. The predicted molar refractivity (Wildman–Crippen MR) is 93.9 cm³/mol. The van der Waals surface area contributed by atoms with Crippen molar-refractivity contribution < 1.29 is 0 Å². The Labute approximate surface area is 144 Å². The molecule has 0 bridgehead atoms. The highest BCUT2D eigenvalue weighted by molar-refractivity contribution is 5.91. The van der Waals surface area contributed by atoms with Crippen molar-refractivity contribution in [3.63, 3.8) is 0 Å². The van der Waals surface area contributed by atoms with E-state index < -0.39 is 5.41 Å². The molecule has 2 aliphatic carbocycles. The van der Waals surface area contributed by atoms with Gasteiger partial charge in [0.1, 0.15) is 5.41 Å². The van der Waals surface area contributed by atoms with Gasteiger partial charge < -0.3 is 0 Å². The number of rotatable bonds is 0. The van der Waals surface area contributed by atoms with Crippen molar-refractivity contribution in [3.05, 3.63) is 96.1 Å². The molecule has 4 heterocycles. The van der Waals surface area contributed by atoms with Crippen LogP contribution < -0.4 is 0 Å². The second kappa shape index (κ2) is 4.36. The van der Waals surface area contributed by atoms with E-state index in [0.717, 1.165) is 45.0 Å². The van der Waals surface area contributed by atoms with Crippen LogP contribution in [0.4, 0.5) is 0 Å². The zero-order valence-corrected chi connectivity index (χ0v) is 13.2. The topological polar surface area (TPSA) is 51.6 Å². The van der Waals surface area contributed by atoms with E-state index in [0.29, 0.717) is 0 Å². The highest BCUT2D eigenvalue weighted by atomic mass is 14.9. The van der Waals surface area contributed by atoms with E-state index in [4.69, 9.17) is 19.9 Å². The Morgan fingerprint density at radius 1 is 0.440 bits per heavy atom. The van der Waals surface area contributed by atoms with Crippen LogP contribution in [0.5, 0.6) is 0 Å². The normalized spacial score (nSPS) is 14.7. The molecule has 0 saturated heterocycles. The van der Waals surface area contributed by atoms with E-state index in [-0.39, 0.29) is 0 Å². The fourth-order valence-corrected chi connectivity index (χ4v) is 4.36. The molecular formula is C21H12N4. The molecule has 0 aromatic carbocycles. The summed E-state index contributed by atoms with van der Waals surface area (Å²) in [5.74, 6) is 0. The van der Waals surface area contributed by atoms with Crippen LogP contribution in [0.2, 0.25) is 0 Å². The summed E-state index contributed by atoms with van der Waals surface area (Å²) >= 11 is 0. The Bertz CT molecular complexity index is 978. The van der Waals surface area contributed by atoms with Crippen LogP contribution in [0.25, 0.3) is 22.3 Å². The lowest BCUT2D eigenvalue weighted by molar-refractivity contribution is 0.684. The molecule has 0 atom stereocenters. The summed E-state index contributed by atoms with van der Waals surface area (Å²) in [6, 6.07) is 16.3. The van der Waals surface area contributed by atoms with E-state index >= 15 is 0 Å². The molecule has 4 aromatic rings. The molecule has 1 spiro atoms. The first kappa shape index (κ1) is 13.0. The Morgan fingerprint density at radius 3 is 1.00 bits per heavy atom. The first-order valence-electron chi connectivity index (χ1n) is 8.25. The zero-order chi connectivity index (χ0) is 16.4. The summed E-state index contributed by atoms with van der Waals surface area (Å²) in [7, 11) is 0. The van der Waals surface area contributed by atoms with E-state index in [9.17, 15) is 0 Å². The molecule has 0 unspecified atom stereocenters. The summed E-state index contributed by atoms with van der Waals surface area (Å²) in [6.45, 7) is 0. The first-order valence-corrected chi connectivity index (χ1v) is 8.25. The van der Waals surface area contributed by atoms with Crippen LogP contribution in [0.3, 0.4) is 0 Å². The fourth-order valence-electron chi connectivity index (χ4n) is 4.36. The number of hydrogen-bond donors (Lipinski definition) is 0. The maximum Gasteiger partial charge on any atom is 0.141 e. The maximum absolute atomic E-state index is 4.79. The van der Waals surface area contributed by atoms with Crippen molar-refractivity contribution in [2.75, 3.05) is 0 Å². The highest BCUT2D eigenvalue weighted by Gasteiger charge is 2.56. The van der Waals surface area contributed by atoms with Gasteiger partial charge in [0, 0.05) is 47.0 Å². The summed E-state index contributed by atoms with van der Waals surface area (Å²) < 4.78 is 0. The minimum Gasteiger partial charge on any atom is -0.259 e. The van der Waals surface area contributed by atoms with Crippen molar-refractivity contribution in [1.29, 1.82) is 0 Å². The predicted octanol–water partition coefficient (Wildman–Crippen LogP) is 3.61. The molecule has 0 radical (unpaired) electrons. The van der Waals surface area contributed by atoms with Crippen LogP contribution in [-0.2, 0) is 5.41 Å². The SMILES string of the molecule is c1cnc2c(c1)-c1cccnc1C21c2ncccc2-c2cccnc21. The van der Waals surface area contributed by atoms with Gasteiger partial charge in [-0.1, -0.05) is 24.3 Å². The average Bonchev–Trinajstić information content (AvgIpc) is 3.16. The van der Waals surface area contributed by atoms with E-state index in [1.807, 2.05) is 49.1 Å². The third-order valence-electron chi connectivity index (χ3n) is 5.23. The van der Waals surface area contributed by atoms with Gasteiger partial charge in [0.25, 0.3) is 0 Å². The Kier molecular flexibility index (Phi) is 2.26. The van der Waals surface area contributed by atoms with E-state index in [1.54, 1.807) is 0 Å². The standard InChI is InChI=1S/C21H12N4/c1-5-13-14-6-2-10-23-18(14)21(17(13)22-9-1)19-15(7-3-11-24-19)16-8-4-12-25-20(16)21/h1-12H. The molecule has 6 rings (SSSR count). The van der Waals surface area contributed by atoms with Crippen LogP contribution in [0.15, 0.2) is 73.3 Å². The van der Waals surface area contributed by atoms with Crippen LogP contribution in [-0.4, -0.2) is 19.9 Å². The van der Waals surface area contributed by atoms with Crippen LogP contribution >= 0.6 is 0 Å². The van der Waals surface area contributed by atoms with Crippen LogP contribution in [0.1, 0.15) is 22.8 Å². The number of aromatic nitrogens is 4. The van der Waals surface area contributed by atoms with Gasteiger partial charge >= 0.3 is 0 Å². The van der Waals surface area contributed by atoms with Crippen molar-refractivity contribution in [3.8, 4) is 22.3 Å². The highest BCUT2D eigenvalue weighted by Crippen LogP contribution is 2.59. The summed E-state index contributed by atoms with van der Waals surface area (Å²) in [5, 5.41) is 0. The number of pyridine rings is 4. The van der Waals surface area contributed by atoms with Gasteiger partial charge in [-0.2, -0.15) is 0 Å². The molecule has 0 fully saturated rings. The lowest BCUT2D eigenvalue weighted by atomic mass is 9.80. The van der Waals surface area contributed by atoms with Crippen molar-refractivity contribution in [2.45, 2.75) is 5.41 Å². The number of hydrogen-bond acceptors (Lipinski definition) is 4. The molecule has 0 N–H and O–H groups in total. The molecule has 2 aliphatic rings. The van der Waals surface area contributed by atoms with E-state index in [2.05, 4.69) is 24.3 Å². The smallest absolute Gasteiger partial charge is 0.141 e. The lowest BCUT2D eigenvalue weighted by Gasteiger charge is -2.25. The van der Waals surface area contributed by atoms with E-state index in [1.165, 1.54) is 0 Å². The van der Waals surface area contributed by atoms with Crippen LogP contribution in [0, 0.1) is 0 Å². The van der Waals surface area contributed by atoms with Gasteiger partial charge in [-0.3, -0.25) is 19.9 Å². The Morgan fingerprint density at radius 2 is 0.720 bits per heavy atom. The monoisotopic (exact) mass is 320 g/mol. The van der Waals surface area contributed by atoms with Crippen molar-refractivity contribution in [1.82, 2.24) is 19.9 Å². The number of nitrogens with zero attached hydrogens (tertiary/aromatic N) is 4. The van der Waals surface area contributed by atoms with Gasteiger partial charge in [-0.25, -0.2) is 0 Å². The molecule has 4 nitrogen and oxygen atoms in total. The second-order valence-corrected chi connectivity index (χ2v) is 6.35. The van der Waals surface area contributed by atoms with Gasteiger partial charge in [0.15, 0.2) is 0 Å². The summed E-state index contributed by atoms with van der Waals surface area (Å²) in [5.41, 5.74) is 7.72. The van der Waals surface area contributed by atoms with Gasteiger partial charge in [-0.15, -0.1) is 0 Å². The fraction of sp³-hybridized carbons (Fsp3) is 0.0476. The molecule has 4 heteroatoms. The largest absolute Gasteiger partial charge is 0.259 e. The quantitative estimate of drug-likeness (QED) is 0.429. The lowest BCUT2D eigenvalue weighted by Crippen LogP contribution is -2.30. The zero-order valence-electron chi connectivity index (χ0n) is 13.2. The molecule has 116 valence electrons. The minimum absolute atomic E-state index is 0.625. The third-order valence-corrected chi connectivity index (χ3v) is 5.23. The average molecular weight is 320 g/mol. The second-order valence-electron chi connectivity index (χ2n) is 6.35. The molecule has 4 aromatic heterocycles. The van der Waals surface area contributed by atoms with Crippen molar-refractivity contribution >= 4 is 0 Å². The van der Waals surface area contributed by atoms with Gasteiger partial charge in [-0.05, 0) is 24.3 Å². The minimum atomic E-state index is -0.625. The van der Waals surface area contributed by atoms with Gasteiger partial charge in [0.05, 0.1) is 22.8 Å². The molecular weight excluding hydrogens is 308 g/mol. The molecule has 0 aliphatic heterocycles. The summed E-state index contributed by atoms with van der Waals surface area (Å²) in [6.07, 6.45) is 7.37. The Balaban J connectivity index is 1.89. The summed E-state index contributed by atoms with van der Waals surface area (Å²) in [4.78, 5) is 19.1. The number of fused-ring (bicyclic) bond motifs is 10. The molecule has 0 saturated carbocycles. The maximum atomic E-state index is 4.79. The Hall–Kier alpha value is -3.40. The third kappa shape index (κ3) is 1.35. The van der Waals surface area contributed by atoms with Crippen molar-refractivity contribution in [2.24, 2.45) is 0 Å². The molecule has 25 heavy (non-hydrogen) atoms. The van der Waals surface area contributed by atoms with Gasteiger partial charge in [0.2, 0.25) is 0 Å².